The first-order chi connectivity index (χ1) is 15.0. The van der Waals surface area contributed by atoms with Crippen LogP contribution in [0.2, 0.25) is 0 Å². The fraction of sp³-hybridized carbons (Fsp3) is 0.609. The Kier molecular flexibility index (Phi) is 6.17. The van der Waals surface area contributed by atoms with Gasteiger partial charge < -0.3 is 19.9 Å². The first-order valence-corrected chi connectivity index (χ1v) is 11.1. The van der Waals surface area contributed by atoms with Crippen molar-refractivity contribution < 1.29 is 9.53 Å². The number of fused-ring (bicyclic) bond motifs is 1. The number of hydrogen-bond acceptors (Lipinski definition) is 7. The van der Waals surface area contributed by atoms with Crippen molar-refractivity contribution in [1.82, 2.24) is 14.8 Å². The van der Waals surface area contributed by atoms with E-state index in [0.717, 1.165) is 55.8 Å². The van der Waals surface area contributed by atoms with Gasteiger partial charge in [0.25, 0.3) is 5.91 Å². The van der Waals surface area contributed by atoms with Crippen molar-refractivity contribution in [2.75, 3.05) is 50.2 Å². The zero-order chi connectivity index (χ0) is 22.0. The quantitative estimate of drug-likeness (QED) is 0.574. The Bertz CT molecular complexity index is 900. The van der Waals surface area contributed by atoms with Crippen molar-refractivity contribution >= 4 is 17.3 Å². The number of nitrogens with one attached hydrogen (secondary N) is 1. The average Bonchev–Trinajstić information content (AvgIpc) is 3.45. The van der Waals surface area contributed by atoms with Crippen LogP contribution in [0.15, 0.2) is 29.7 Å². The fourth-order valence-corrected chi connectivity index (χ4v) is 5.01. The number of hydrogen-bond donors (Lipinski definition) is 1. The van der Waals surface area contributed by atoms with Crippen LogP contribution in [0.5, 0.6) is 0 Å². The number of pyridine rings is 1. The minimum absolute atomic E-state index is 0.157. The van der Waals surface area contributed by atoms with Gasteiger partial charge in [0.2, 0.25) is 0 Å². The molecule has 0 spiro atoms. The van der Waals surface area contributed by atoms with Crippen molar-refractivity contribution in [2.24, 2.45) is 0 Å². The average molecular weight is 425 g/mol. The molecule has 2 fully saturated rings. The number of carbonyl (C=O) groups excluding carboxylic acids is 1. The first kappa shape index (κ1) is 21.6. The number of nitriles is 1. The molecule has 0 aromatic carbocycles. The Morgan fingerprint density at radius 1 is 1.29 bits per heavy atom. The van der Waals surface area contributed by atoms with Gasteiger partial charge in [-0.25, -0.2) is 0 Å². The summed E-state index contributed by atoms with van der Waals surface area (Å²) in [5.74, 6) is -0.157. The predicted octanol–water partition coefficient (Wildman–Crippen LogP) is 2.56. The third-order valence-corrected chi connectivity index (χ3v) is 6.84. The molecule has 1 aromatic heterocycles. The van der Waals surface area contributed by atoms with Gasteiger partial charge in [0.15, 0.2) is 0 Å². The molecule has 8 nitrogen and oxygen atoms in total. The molecule has 3 aliphatic rings. The highest BCUT2D eigenvalue weighted by Gasteiger charge is 2.43. The van der Waals surface area contributed by atoms with Crippen LogP contribution in [0.1, 0.15) is 39.5 Å². The van der Waals surface area contributed by atoms with E-state index in [4.69, 9.17) is 4.74 Å². The number of likely N-dealkylation sites (tertiary alicyclic amines) is 2. The Morgan fingerprint density at radius 2 is 2.06 bits per heavy atom. The Labute approximate surface area is 184 Å². The number of rotatable bonds is 5. The van der Waals surface area contributed by atoms with Crippen LogP contribution in [0.25, 0.3) is 0 Å². The van der Waals surface area contributed by atoms with E-state index in [2.05, 4.69) is 40.0 Å². The molecule has 3 aliphatic heterocycles. The lowest BCUT2D eigenvalue weighted by Gasteiger charge is -2.42. The molecule has 0 bridgehead atoms. The van der Waals surface area contributed by atoms with E-state index in [1.807, 2.05) is 11.0 Å². The minimum Gasteiger partial charge on any atom is -0.380 e. The van der Waals surface area contributed by atoms with Crippen molar-refractivity contribution in [2.45, 2.75) is 51.2 Å². The largest absolute Gasteiger partial charge is 0.380 e. The van der Waals surface area contributed by atoms with Crippen molar-refractivity contribution in [3.05, 3.63) is 29.7 Å². The summed E-state index contributed by atoms with van der Waals surface area (Å²) >= 11 is 0. The number of ether oxygens (including phenoxy) is 1. The second-order valence-corrected chi connectivity index (χ2v) is 9.00. The standard InChI is InChI=1S/C23H32N6O2/c1-23(2,28-12-8-17(15-28)31-3)21(29-16-26-19-14-25-9-7-20(19)29)18(13-24)22(30)27-10-5-4-6-11-27/h7,9,14,17,26H,4-6,8,10-12,15-16H2,1-3H3/t17-/m1/s1. The highest BCUT2D eigenvalue weighted by atomic mass is 16.5. The maximum absolute atomic E-state index is 13.6. The summed E-state index contributed by atoms with van der Waals surface area (Å²) in [6, 6.07) is 4.25. The second-order valence-electron chi connectivity index (χ2n) is 9.00. The van der Waals surface area contributed by atoms with E-state index >= 15 is 0 Å². The molecule has 8 heteroatoms. The van der Waals surface area contributed by atoms with E-state index in [1.165, 1.54) is 0 Å². The Hall–Kier alpha value is -2.63. The number of methoxy groups -OCH3 is 1. The van der Waals surface area contributed by atoms with E-state index in [-0.39, 0.29) is 17.6 Å². The normalized spacial score (nSPS) is 22.6. The van der Waals surface area contributed by atoms with Crippen LogP contribution in [0.3, 0.4) is 0 Å². The molecule has 1 amide bonds. The summed E-state index contributed by atoms with van der Waals surface area (Å²) in [4.78, 5) is 24.0. The van der Waals surface area contributed by atoms with Crippen LogP contribution in [0, 0.1) is 11.3 Å². The SMILES string of the molecule is CO[C@@H]1CCN(C(C)(C)C(=C(C#N)C(=O)N2CCCCC2)N2CNc3cnccc32)C1. The molecule has 0 aliphatic carbocycles. The van der Waals surface area contributed by atoms with Gasteiger partial charge in [0.05, 0.1) is 41.6 Å². The van der Waals surface area contributed by atoms with Gasteiger partial charge in [0, 0.05) is 39.5 Å². The van der Waals surface area contributed by atoms with Crippen LogP contribution in [-0.4, -0.2) is 72.3 Å². The van der Waals surface area contributed by atoms with Crippen molar-refractivity contribution in [3.8, 4) is 6.07 Å². The third kappa shape index (κ3) is 4.00. The lowest BCUT2D eigenvalue weighted by Crippen LogP contribution is -2.51. The van der Waals surface area contributed by atoms with E-state index in [1.54, 1.807) is 19.5 Å². The lowest BCUT2D eigenvalue weighted by molar-refractivity contribution is -0.127. The molecule has 166 valence electrons. The van der Waals surface area contributed by atoms with Crippen LogP contribution in [-0.2, 0) is 9.53 Å². The molecule has 1 N–H and O–H groups in total. The molecule has 4 heterocycles. The number of carbonyl (C=O) groups is 1. The number of amides is 1. The van der Waals surface area contributed by atoms with Crippen molar-refractivity contribution in [1.29, 1.82) is 5.26 Å². The predicted molar refractivity (Wildman–Crippen MR) is 119 cm³/mol. The maximum Gasteiger partial charge on any atom is 0.266 e. The molecular weight excluding hydrogens is 392 g/mol. The molecule has 1 atom stereocenters. The number of piperidine rings is 1. The van der Waals surface area contributed by atoms with Gasteiger partial charge in [-0.3, -0.25) is 14.7 Å². The van der Waals surface area contributed by atoms with E-state index < -0.39 is 5.54 Å². The molecule has 0 radical (unpaired) electrons. The third-order valence-electron chi connectivity index (χ3n) is 6.84. The Balaban J connectivity index is 1.80. The summed E-state index contributed by atoms with van der Waals surface area (Å²) < 4.78 is 5.60. The summed E-state index contributed by atoms with van der Waals surface area (Å²) in [6.45, 7) is 7.78. The molecule has 0 saturated carbocycles. The van der Waals surface area contributed by atoms with Crippen LogP contribution in [0.4, 0.5) is 11.4 Å². The number of aromatic nitrogens is 1. The Morgan fingerprint density at radius 3 is 2.74 bits per heavy atom. The van der Waals surface area contributed by atoms with Gasteiger partial charge in [-0.2, -0.15) is 5.26 Å². The number of anilines is 2. The van der Waals surface area contributed by atoms with Crippen molar-refractivity contribution in [3.63, 3.8) is 0 Å². The summed E-state index contributed by atoms with van der Waals surface area (Å²) in [7, 11) is 1.74. The van der Waals surface area contributed by atoms with E-state index in [9.17, 15) is 10.1 Å². The van der Waals surface area contributed by atoms with Gasteiger partial charge >= 0.3 is 0 Å². The van der Waals surface area contributed by atoms with Crippen LogP contribution < -0.4 is 10.2 Å². The minimum atomic E-state index is -0.531. The lowest BCUT2D eigenvalue weighted by atomic mass is 9.91. The smallest absolute Gasteiger partial charge is 0.266 e. The topological polar surface area (TPSA) is 84.7 Å². The molecule has 1 aromatic rings. The molecule has 4 rings (SSSR count). The highest BCUT2D eigenvalue weighted by Crippen LogP contribution is 2.40. The molecular formula is C23H32N6O2. The van der Waals surface area contributed by atoms with Gasteiger partial charge in [0.1, 0.15) is 11.6 Å². The zero-order valence-corrected chi connectivity index (χ0v) is 18.7. The molecule has 2 saturated heterocycles. The maximum atomic E-state index is 13.6. The monoisotopic (exact) mass is 424 g/mol. The first-order valence-electron chi connectivity index (χ1n) is 11.1. The number of nitrogens with zero attached hydrogens (tertiary/aromatic N) is 5. The molecule has 31 heavy (non-hydrogen) atoms. The summed E-state index contributed by atoms with van der Waals surface area (Å²) in [6.07, 6.45) is 7.75. The van der Waals surface area contributed by atoms with Crippen LogP contribution >= 0.6 is 0 Å². The zero-order valence-electron chi connectivity index (χ0n) is 18.7. The van der Waals surface area contributed by atoms with E-state index in [0.29, 0.717) is 19.8 Å². The second kappa shape index (κ2) is 8.85. The van der Waals surface area contributed by atoms with Gasteiger partial charge in [-0.1, -0.05) is 0 Å². The highest BCUT2D eigenvalue weighted by molar-refractivity contribution is 5.99. The van der Waals surface area contributed by atoms with Gasteiger partial charge in [-0.15, -0.1) is 0 Å². The summed E-state index contributed by atoms with van der Waals surface area (Å²) in [5.41, 5.74) is 2.31. The molecule has 0 unspecified atom stereocenters. The fourth-order valence-electron chi connectivity index (χ4n) is 5.01. The summed E-state index contributed by atoms with van der Waals surface area (Å²) in [5, 5.41) is 13.6. The van der Waals surface area contributed by atoms with Gasteiger partial charge in [-0.05, 0) is 45.6 Å².